The molecule has 1 amide bonds. The zero-order valence-electron chi connectivity index (χ0n) is 11.3. The second kappa shape index (κ2) is 6.05. The van der Waals surface area contributed by atoms with Crippen LogP contribution in [-0.4, -0.2) is 20.1 Å². The minimum absolute atomic E-state index is 0.206. The Morgan fingerprint density at radius 3 is 2.52 bits per heavy atom. The van der Waals surface area contributed by atoms with Crippen molar-refractivity contribution >= 4 is 21.4 Å². The van der Waals surface area contributed by atoms with Crippen LogP contribution in [0.15, 0.2) is 53.4 Å². The number of aryl methyl sites for hydroxylation is 1. The van der Waals surface area contributed by atoms with Crippen LogP contribution >= 0.6 is 0 Å². The van der Waals surface area contributed by atoms with Crippen LogP contribution in [0.25, 0.3) is 0 Å². The second-order valence-electron chi connectivity index (χ2n) is 4.58. The molecule has 0 aliphatic rings. The number of carbonyl (C=O) groups is 1. The minimum atomic E-state index is -3.87. The monoisotopic (exact) mass is 307 g/mol. The predicted molar refractivity (Wildman–Crippen MR) is 78.3 cm³/mol. The van der Waals surface area contributed by atoms with Crippen molar-refractivity contribution in [1.82, 2.24) is 0 Å². The van der Waals surface area contributed by atoms with Gasteiger partial charge in [0.2, 0.25) is 5.91 Å². The summed E-state index contributed by atoms with van der Waals surface area (Å²) in [5, 5.41) is 2.54. The number of nitrogens with one attached hydrogen (secondary N) is 1. The van der Waals surface area contributed by atoms with E-state index in [4.69, 9.17) is 0 Å². The van der Waals surface area contributed by atoms with Gasteiger partial charge in [0, 0.05) is 5.69 Å². The molecule has 0 bridgehead atoms. The van der Waals surface area contributed by atoms with E-state index < -0.39 is 27.3 Å². The van der Waals surface area contributed by atoms with Crippen molar-refractivity contribution in [3.05, 3.63) is 59.9 Å². The van der Waals surface area contributed by atoms with Gasteiger partial charge < -0.3 is 5.32 Å². The molecule has 2 rings (SSSR count). The second-order valence-corrected chi connectivity index (χ2v) is 6.57. The normalized spacial score (nSPS) is 11.1. The fraction of sp³-hybridized carbons (Fsp3) is 0.133. The Balaban J connectivity index is 2.14. The molecule has 1 N–H and O–H groups in total. The van der Waals surface area contributed by atoms with Gasteiger partial charge in [-0.2, -0.15) is 0 Å². The van der Waals surface area contributed by atoms with Crippen LogP contribution in [-0.2, 0) is 14.6 Å². The molecule has 0 radical (unpaired) electrons. The molecule has 0 atom stereocenters. The maximum atomic E-state index is 13.1. The molecule has 0 aliphatic heterocycles. The number of benzene rings is 2. The van der Waals surface area contributed by atoms with Crippen molar-refractivity contribution in [3.8, 4) is 0 Å². The first-order valence-corrected chi connectivity index (χ1v) is 7.87. The van der Waals surface area contributed by atoms with E-state index in [1.807, 2.05) is 6.07 Å². The topological polar surface area (TPSA) is 63.2 Å². The van der Waals surface area contributed by atoms with Gasteiger partial charge in [0.1, 0.15) is 11.6 Å². The van der Waals surface area contributed by atoms with Crippen molar-refractivity contribution in [2.75, 3.05) is 11.1 Å². The van der Waals surface area contributed by atoms with Gasteiger partial charge in [-0.25, -0.2) is 12.8 Å². The minimum Gasteiger partial charge on any atom is -0.325 e. The van der Waals surface area contributed by atoms with Gasteiger partial charge in [0.25, 0.3) is 0 Å². The van der Waals surface area contributed by atoms with Gasteiger partial charge in [0.15, 0.2) is 9.84 Å². The molecular formula is C15H14FNO3S. The first-order valence-electron chi connectivity index (χ1n) is 6.22. The molecule has 2 aromatic rings. The zero-order valence-corrected chi connectivity index (χ0v) is 12.2. The Kier molecular flexibility index (Phi) is 4.37. The largest absolute Gasteiger partial charge is 0.325 e. The van der Waals surface area contributed by atoms with Crippen LogP contribution in [0.4, 0.5) is 10.1 Å². The molecule has 21 heavy (non-hydrogen) atoms. The predicted octanol–water partition coefficient (Wildman–Crippen LogP) is 2.55. The Labute approximate surface area is 122 Å². The molecule has 0 aromatic heterocycles. The van der Waals surface area contributed by atoms with E-state index in [9.17, 15) is 17.6 Å². The van der Waals surface area contributed by atoms with E-state index in [1.54, 1.807) is 25.1 Å². The Morgan fingerprint density at radius 1 is 1.14 bits per heavy atom. The van der Waals surface area contributed by atoms with E-state index in [2.05, 4.69) is 5.32 Å². The first kappa shape index (κ1) is 15.2. The molecule has 110 valence electrons. The van der Waals surface area contributed by atoms with E-state index in [1.165, 1.54) is 12.1 Å². The van der Waals surface area contributed by atoms with Gasteiger partial charge >= 0.3 is 0 Å². The van der Waals surface area contributed by atoms with Crippen LogP contribution in [0.2, 0.25) is 0 Å². The van der Waals surface area contributed by atoms with E-state index in [-0.39, 0.29) is 4.90 Å². The van der Waals surface area contributed by atoms with Crippen LogP contribution in [0.1, 0.15) is 5.56 Å². The molecule has 2 aromatic carbocycles. The molecular weight excluding hydrogens is 293 g/mol. The van der Waals surface area contributed by atoms with Crippen molar-refractivity contribution < 1.29 is 17.6 Å². The quantitative estimate of drug-likeness (QED) is 0.944. The molecule has 0 heterocycles. The summed E-state index contributed by atoms with van der Waals surface area (Å²) in [5.41, 5.74) is 1.38. The molecule has 0 spiro atoms. The number of hydrogen-bond donors (Lipinski definition) is 1. The Bertz CT molecular complexity index is 772. The van der Waals surface area contributed by atoms with Crippen LogP contribution in [0, 0.1) is 12.7 Å². The highest BCUT2D eigenvalue weighted by atomic mass is 32.2. The van der Waals surface area contributed by atoms with E-state index >= 15 is 0 Å². The summed E-state index contributed by atoms with van der Waals surface area (Å²) in [6, 6.07) is 11.6. The third-order valence-electron chi connectivity index (χ3n) is 2.90. The number of para-hydroxylation sites is 1. The smallest absolute Gasteiger partial charge is 0.239 e. The summed E-state index contributed by atoms with van der Waals surface area (Å²) in [4.78, 5) is 11.6. The Hall–Kier alpha value is -2.21. The zero-order chi connectivity index (χ0) is 15.5. The van der Waals surface area contributed by atoms with Crippen molar-refractivity contribution in [2.45, 2.75) is 11.8 Å². The number of amides is 1. The molecule has 0 aliphatic carbocycles. The van der Waals surface area contributed by atoms with Crippen molar-refractivity contribution in [3.63, 3.8) is 0 Å². The fourth-order valence-electron chi connectivity index (χ4n) is 1.82. The van der Waals surface area contributed by atoms with Crippen molar-refractivity contribution in [2.24, 2.45) is 0 Å². The van der Waals surface area contributed by atoms with Gasteiger partial charge in [0.05, 0.1) is 4.90 Å². The third-order valence-corrected chi connectivity index (χ3v) is 4.51. The van der Waals surface area contributed by atoms with Crippen LogP contribution in [0.5, 0.6) is 0 Å². The lowest BCUT2D eigenvalue weighted by Gasteiger charge is -2.08. The maximum absolute atomic E-state index is 13.1. The average Bonchev–Trinajstić information content (AvgIpc) is 2.41. The summed E-state index contributed by atoms with van der Waals surface area (Å²) >= 11 is 0. The van der Waals surface area contributed by atoms with Gasteiger partial charge in [-0.3, -0.25) is 4.79 Å². The summed E-state index contributed by atoms with van der Waals surface area (Å²) in [5.74, 6) is -2.05. The summed E-state index contributed by atoms with van der Waals surface area (Å²) in [7, 11) is -3.87. The van der Waals surface area contributed by atoms with Gasteiger partial charge in [-0.15, -0.1) is 0 Å². The first-order chi connectivity index (χ1) is 9.88. The number of carbonyl (C=O) groups excluding carboxylic acids is 1. The van der Waals surface area contributed by atoms with Crippen LogP contribution in [0.3, 0.4) is 0 Å². The molecule has 0 unspecified atom stereocenters. The summed E-state index contributed by atoms with van der Waals surface area (Å²) < 4.78 is 37.2. The lowest BCUT2D eigenvalue weighted by Crippen LogP contribution is -2.23. The Morgan fingerprint density at radius 2 is 1.86 bits per heavy atom. The maximum Gasteiger partial charge on any atom is 0.239 e. The summed E-state index contributed by atoms with van der Waals surface area (Å²) in [6.07, 6.45) is 0. The van der Waals surface area contributed by atoms with Gasteiger partial charge in [-0.1, -0.05) is 24.3 Å². The number of halogens is 1. The lowest BCUT2D eigenvalue weighted by atomic mass is 10.2. The van der Waals surface area contributed by atoms with Crippen molar-refractivity contribution in [1.29, 1.82) is 0 Å². The number of hydrogen-bond acceptors (Lipinski definition) is 3. The van der Waals surface area contributed by atoms with Gasteiger partial charge in [-0.05, 0) is 36.8 Å². The number of sulfone groups is 1. The number of rotatable bonds is 4. The highest BCUT2D eigenvalue weighted by molar-refractivity contribution is 7.92. The molecule has 0 saturated heterocycles. The highest BCUT2D eigenvalue weighted by Gasteiger charge is 2.20. The summed E-state index contributed by atoms with van der Waals surface area (Å²) in [6.45, 7) is 1.80. The molecule has 4 nitrogen and oxygen atoms in total. The van der Waals surface area contributed by atoms with E-state index in [0.29, 0.717) is 5.69 Å². The average molecular weight is 307 g/mol. The lowest BCUT2D eigenvalue weighted by molar-refractivity contribution is -0.113. The third kappa shape index (κ3) is 3.88. The molecule has 6 heteroatoms. The van der Waals surface area contributed by atoms with Crippen LogP contribution < -0.4 is 5.32 Å². The molecule has 0 fully saturated rings. The fourth-order valence-corrected chi connectivity index (χ4v) is 2.98. The SMILES string of the molecule is Cc1ccccc1NC(=O)CS(=O)(=O)c1cccc(F)c1. The highest BCUT2D eigenvalue weighted by Crippen LogP contribution is 2.15. The number of anilines is 1. The standard InChI is InChI=1S/C15H14FNO3S/c1-11-5-2-3-8-14(11)17-15(18)10-21(19,20)13-7-4-6-12(16)9-13/h2-9H,10H2,1H3,(H,17,18). The van der Waals surface area contributed by atoms with E-state index in [0.717, 1.165) is 17.7 Å². The molecule has 0 saturated carbocycles.